The molecule has 1 heterocycles. The van der Waals surface area contributed by atoms with E-state index in [1.165, 1.54) is 0 Å². The lowest BCUT2D eigenvalue weighted by atomic mass is 10.3. The molecular weight excluding hydrogens is 440 g/mol. The van der Waals surface area contributed by atoms with Crippen LogP contribution in [0, 0.1) is 6.92 Å². The van der Waals surface area contributed by atoms with Crippen LogP contribution in [0.15, 0.2) is 31.4 Å². The third kappa shape index (κ3) is 3.49. The van der Waals surface area contributed by atoms with Gasteiger partial charge in [0.2, 0.25) is 0 Å². The standard InChI is InChI=1S/C10H7Br2ClN2O2S2/c1-5-9(18-10(13)14-5)19(16,17)15-8-4-6(11)2-3-7(8)12/h2-4,15H,1H3. The van der Waals surface area contributed by atoms with Crippen LogP contribution < -0.4 is 4.72 Å². The van der Waals surface area contributed by atoms with Gasteiger partial charge in [-0.15, -0.1) is 0 Å². The van der Waals surface area contributed by atoms with Gasteiger partial charge in [-0.25, -0.2) is 13.4 Å². The number of aromatic nitrogens is 1. The molecule has 0 radical (unpaired) electrons. The SMILES string of the molecule is Cc1nc(Cl)sc1S(=O)(=O)Nc1cc(Br)ccc1Br. The summed E-state index contributed by atoms with van der Waals surface area (Å²) >= 11 is 13.2. The zero-order valence-electron chi connectivity index (χ0n) is 9.45. The van der Waals surface area contributed by atoms with Crippen molar-refractivity contribution < 1.29 is 8.42 Å². The van der Waals surface area contributed by atoms with Gasteiger partial charge in [-0.2, -0.15) is 0 Å². The molecule has 0 amide bonds. The Morgan fingerprint density at radius 2 is 2.05 bits per heavy atom. The van der Waals surface area contributed by atoms with Gasteiger partial charge in [0.15, 0.2) is 8.68 Å². The van der Waals surface area contributed by atoms with Crippen LogP contribution in [0.1, 0.15) is 5.69 Å². The summed E-state index contributed by atoms with van der Waals surface area (Å²) in [4.78, 5) is 3.90. The Morgan fingerprint density at radius 1 is 1.37 bits per heavy atom. The van der Waals surface area contributed by atoms with E-state index >= 15 is 0 Å². The van der Waals surface area contributed by atoms with Crippen molar-refractivity contribution in [3.63, 3.8) is 0 Å². The maximum atomic E-state index is 12.3. The Morgan fingerprint density at radius 3 is 2.63 bits per heavy atom. The summed E-state index contributed by atoms with van der Waals surface area (Å²) in [6.07, 6.45) is 0. The number of hydrogen-bond donors (Lipinski definition) is 1. The third-order valence-electron chi connectivity index (χ3n) is 2.14. The van der Waals surface area contributed by atoms with Gasteiger partial charge in [0.25, 0.3) is 10.0 Å². The largest absolute Gasteiger partial charge is 0.278 e. The quantitative estimate of drug-likeness (QED) is 0.759. The summed E-state index contributed by atoms with van der Waals surface area (Å²) in [5, 5.41) is 0. The van der Waals surface area contributed by atoms with Crippen molar-refractivity contribution in [3.8, 4) is 0 Å². The minimum Gasteiger partial charge on any atom is -0.278 e. The highest BCUT2D eigenvalue weighted by molar-refractivity contribution is 9.11. The van der Waals surface area contributed by atoms with Gasteiger partial charge in [-0.05, 0) is 41.1 Å². The molecule has 0 atom stereocenters. The zero-order chi connectivity index (χ0) is 14.2. The lowest BCUT2D eigenvalue weighted by Gasteiger charge is -2.09. The van der Waals surface area contributed by atoms with E-state index < -0.39 is 10.0 Å². The van der Waals surface area contributed by atoms with Crippen molar-refractivity contribution in [2.45, 2.75) is 11.1 Å². The topological polar surface area (TPSA) is 59.1 Å². The zero-order valence-corrected chi connectivity index (χ0v) is 15.0. The molecule has 2 rings (SSSR count). The highest BCUT2D eigenvalue weighted by Gasteiger charge is 2.22. The summed E-state index contributed by atoms with van der Waals surface area (Å²) in [5.41, 5.74) is 0.826. The minimum atomic E-state index is -3.69. The van der Waals surface area contributed by atoms with Gasteiger partial charge in [0, 0.05) is 8.95 Å². The monoisotopic (exact) mass is 444 g/mol. The normalized spacial score (nSPS) is 11.6. The van der Waals surface area contributed by atoms with E-state index in [1.807, 2.05) is 0 Å². The highest BCUT2D eigenvalue weighted by Crippen LogP contribution is 2.32. The second-order valence-electron chi connectivity index (χ2n) is 3.57. The van der Waals surface area contributed by atoms with Gasteiger partial charge in [0.1, 0.15) is 0 Å². The molecule has 1 N–H and O–H groups in total. The number of benzene rings is 1. The molecule has 0 saturated heterocycles. The van der Waals surface area contributed by atoms with Crippen molar-refractivity contribution in [1.82, 2.24) is 4.98 Å². The van der Waals surface area contributed by atoms with Crippen molar-refractivity contribution in [1.29, 1.82) is 0 Å². The second-order valence-corrected chi connectivity index (χ2v) is 8.80. The van der Waals surface area contributed by atoms with Crippen LogP contribution in [0.4, 0.5) is 5.69 Å². The molecule has 0 fully saturated rings. The molecular formula is C10H7Br2ClN2O2S2. The van der Waals surface area contributed by atoms with E-state index in [0.29, 0.717) is 15.9 Å². The van der Waals surface area contributed by atoms with E-state index in [2.05, 4.69) is 41.6 Å². The maximum absolute atomic E-state index is 12.3. The van der Waals surface area contributed by atoms with Gasteiger partial charge in [-0.1, -0.05) is 38.9 Å². The first kappa shape index (κ1) is 15.2. The van der Waals surface area contributed by atoms with E-state index in [9.17, 15) is 8.42 Å². The van der Waals surface area contributed by atoms with Gasteiger partial charge < -0.3 is 0 Å². The Hall–Kier alpha value is -0.150. The molecule has 0 spiro atoms. The van der Waals surface area contributed by atoms with Crippen LogP contribution in [0.3, 0.4) is 0 Å². The predicted molar refractivity (Wildman–Crippen MR) is 84.5 cm³/mol. The first-order valence-electron chi connectivity index (χ1n) is 4.90. The Kier molecular flexibility index (Phi) is 4.56. The molecule has 0 bridgehead atoms. The number of aryl methyl sites for hydroxylation is 1. The number of anilines is 1. The van der Waals surface area contributed by atoms with E-state index in [4.69, 9.17) is 11.6 Å². The molecule has 0 aliphatic heterocycles. The van der Waals surface area contributed by atoms with Crippen LogP contribution in [0.25, 0.3) is 0 Å². The smallest absolute Gasteiger partial charge is 0.273 e. The Bertz CT molecular complexity index is 731. The maximum Gasteiger partial charge on any atom is 0.273 e. The number of rotatable bonds is 3. The molecule has 0 unspecified atom stereocenters. The summed E-state index contributed by atoms with van der Waals surface area (Å²) in [7, 11) is -3.69. The third-order valence-corrected chi connectivity index (χ3v) is 6.57. The number of halogens is 3. The molecule has 1 aromatic heterocycles. The van der Waals surface area contributed by atoms with Gasteiger partial charge in [0.05, 0.1) is 11.4 Å². The Balaban J connectivity index is 2.42. The molecule has 0 aliphatic carbocycles. The molecule has 9 heteroatoms. The Labute approximate surface area is 136 Å². The van der Waals surface area contributed by atoms with Gasteiger partial charge in [-0.3, -0.25) is 4.72 Å². The molecule has 102 valence electrons. The molecule has 0 aliphatic rings. The lowest BCUT2D eigenvalue weighted by Crippen LogP contribution is -2.13. The number of sulfonamides is 1. The van der Waals surface area contributed by atoms with Crippen LogP contribution in [0.5, 0.6) is 0 Å². The fourth-order valence-electron chi connectivity index (χ4n) is 1.37. The second kappa shape index (κ2) is 5.69. The molecule has 19 heavy (non-hydrogen) atoms. The van der Waals surface area contributed by atoms with Crippen LogP contribution >= 0.6 is 54.8 Å². The lowest BCUT2D eigenvalue weighted by molar-refractivity contribution is 0.602. The first-order valence-corrected chi connectivity index (χ1v) is 9.17. The number of thiazole rings is 1. The average molecular weight is 447 g/mol. The van der Waals surface area contributed by atoms with Crippen LogP contribution in [-0.2, 0) is 10.0 Å². The number of nitrogens with zero attached hydrogens (tertiary/aromatic N) is 1. The molecule has 0 saturated carbocycles. The van der Waals surface area contributed by atoms with Crippen LogP contribution in [-0.4, -0.2) is 13.4 Å². The molecule has 1 aromatic carbocycles. The number of nitrogens with one attached hydrogen (secondary N) is 1. The highest BCUT2D eigenvalue weighted by atomic mass is 79.9. The first-order chi connectivity index (χ1) is 8.79. The fourth-order valence-corrected chi connectivity index (χ4v) is 5.02. The minimum absolute atomic E-state index is 0.115. The summed E-state index contributed by atoms with van der Waals surface area (Å²) < 4.78 is 28.8. The molecule has 2 aromatic rings. The van der Waals surface area contributed by atoms with Gasteiger partial charge >= 0.3 is 0 Å². The molecule has 4 nitrogen and oxygen atoms in total. The van der Waals surface area contributed by atoms with Crippen molar-refractivity contribution in [2.24, 2.45) is 0 Å². The summed E-state index contributed by atoms with van der Waals surface area (Å²) in [6.45, 7) is 1.60. The van der Waals surface area contributed by atoms with Crippen molar-refractivity contribution in [3.05, 3.63) is 37.3 Å². The van der Waals surface area contributed by atoms with E-state index in [0.717, 1.165) is 15.8 Å². The number of hydrogen-bond acceptors (Lipinski definition) is 4. The van der Waals surface area contributed by atoms with Crippen molar-refractivity contribution >= 4 is 70.5 Å². The van der Waals surface area contributed by atoms with Crippen LogP contribution in [0.2, 0.25) is 4.47 Å². The average Bonchev–Trinajstić information content (AvgIpc) is 2.63. The van der Waals surface area contributed by atoms with E-state index in [-0.39, 0.29) is 8.68 Å². The fraction of sp³-hybridized carbons (Fsp3) is 0.100. The van der Waals surface area contributed by atoms with E-state index in [1.54, 1.807) is 25.1 Å². The summed E-state index contributed by atoms with van der Waals surface area (Å²) in [6, 6.07) is 5.21. The predicted octanol–water partition coefficient (Wildman–Crippen LogP) is 4.43. The van der Waals surface area contributed by atoms with Crippen molar-refractivity contribution in [2.75, 3.05) is 4.72 Å². The summed E-state index contributed by atoms with van der Waals surface area (Å²) in [5.74, 6) is 0.